The lowest BCUT2D eigenvalue weighted by Crippen LogP contribution is -2.44. The number of halogens is 3. The second-order valence-electron chi connectivity index (χ2n) is 6.29. The van der Waals surface area contributed by atoms with E-state index in [1.807, 2.05) is 12.1 Å². The van der Waals surface area contributed by atoms with Gasteiger partial charge in [-0.3, -0.25) is 10.1 Å². The van der Waals surface area contributed by atoms with Crippen molar-refractivity contribution >= 4 is 18.3 Å². The molecule has 0 bridgehead atoms. The normalized spacial score (nSPS) is 21.8. The van der Waals surface area contributed by atoms with Gasteiger partial charge in [0.1, 0.15) is 0 Å². The summed E-state index contributed by atoms with van der Waals surface area (Å²) in [6.45, 7) is 0.613. The minimum absolute atomic E-state index is 0. The number of ether oxygens (including phenoxy) is 2. The summed E-state index contributed by atoms with van der Waals surface area (Å²) >= 11 is 0. The number of carbonyl (C=O) groups excluding carboxylic acids is 1. The van der Waals surface area contributed by atoms with E-state index in [-0.39, 0.29) is 18.3 Å². The zero-order chi connectivity index (χ0) is 17.3. The molecule has 140 valence electrons. The van der Waals surface area contributed by atoms with E-state index in [1.165, 1.54) is 0 Å². The van der Waals surface area contributed by atoms with Gasteiger partial charge in [0.15, 0.2) is 11.5 Å². The number of carbonyl (C=O) groups is 1. The molecule has 1 atom stereocenters. The molecule has 1 aromatic carbocycles. The lowest BCUT2D eigenvalue weighted by Gasteiger charge is -2.23. The molecular formula is C17H23ClF2N2O3. The molecule has 1 N–H and O–H groups in total. The van der Waals surface area contributed by atoms with Crippen LogP contribution in [0.4, 0.5) is 8.78 Å². The van der Waals surface area contributed by atoms with Gasteiger partial charge in [0.05, 0.1) is 26.8 Å². The molecule has 2 aliphatic rings. The smallest absolute Gasteiger partial charge is 0.262 e. The van der Waals surface area contributed by atoms with Crippen molar-refractivity contribution in [3.63, 3.8) is 0 Å². The quantitative estimate of drug-likeness (QED) is 0.877. The molecule has 0 aromatic heterocycles. The molecule has 25 heavy (non-hydrogen) atoms. The number of amides is 1. The third-order valence-corrected chi connectivity index (χ3v) is 4.73. The summed E-state index contributed by atoms with van der Waals surface area (Å²) in [4.78, 5) is 14.2. The van der Waals surface area contributed by atoms with E-state index in [0.717, 1.165) is 11.1 Å². The van der Waals surface area contributed by atoms with Crippen molar-refractivity contribution in [1.82, 2.24) is 10.2 Å². The van der Waals surface area contributed by atoms with Crippen molar-refractivity contribution in [2.24, 2.45) is 0 Å². The van der Waals surface area contributed by atoms with Crippen LogP contribution >= 0.6 is 12.4 Å². The van der Waals surface area contributed by atoms with E-state index in [2.05, 4.69) is 5.32 Å². The molecule has 2 aliphatic heterocycles. The Morgan fingerprint density at radius 3 is 2.08 bits per heavy atom. The third-order valence-electron chi connectivity index (χ3n) is 4.73. The Kier molecular flexibility index (Phi) is 6.11. The van der Waals surface area contributed by atoms with Crippen LogP contribution in [0.5, 0.6) is 11.5 Å². The number of hydrogen-bond donors (Lipinski definition) is 1. The lowest BCUT2D eigenvalue weighted by molar-refractivity contribution is -0.133. The molecule has 0 radical (unpaired) electrons. The fraction of sp³-hybridized carbons (Fsp3) is 0.588. The predicted octanol–water partition coefficient (Wildman–Crippen LogP) is 2.05. The van der Waals surface area contributed by atoms with Crippen molar-refractivity contribution in [1.29, 1.82) is 0 Å². The van der Waals surface area contributed by atoms with E-state index in [1.54, 1.807) is 19.1 Å². The van der Waals surface area contributed by atoms with Crippen LogP contribution in [0.3, 0.4) is 0 Å². The largest absolute Gasteiger partial charge is 0.493 e. The summed E-state index contributed by atoms with van der Waals surface area (Å²) < 4.78 is 37.3. The zero-order valence-corrected chi connectivity index (χ0v) is 15.1. The first-order chi connectivity index (χ1) is 11.4. The standard InChI is InChI=1S/C17H22F2N2O3.ClH/c1-23-14-7-11-3-5-21(6-4-12(11)8-15(14)24-2)16(22)13-9-17(18,19)10-20-13;/h7-8,13,20H,3-6,9-10H2,1-2H3;1H. The van der Waals surface area contributed by atoms with Gasteiger partial charge in [-0.15, -0.1) is 12.4 Å². The van der Waals surface area contributed by atoms with Gasteiger partial charge in [0.25, 0.3) is 5.92 Å². The first kappa shape index (κ1) is 19.7. The highest BCUT2D eigenvalue weighted by atomic mass is 35.5. The molecule has 2 heterocycles. The predicted molar refractivity (Wildman–Crippen MR) is 92.1 cm³/mol. The molecule has 0 aliphatic carbocycles. The fourth-order valence-electron chi connectivity index (χ4n) is 3.38. The first-order valence-corrected chi connectivity index (χ1v) is 8.07. The van der Waals surface area contributed by atoms with Crippen LogP contribution in [-0.2, 0) is 17.6 Å². The Morgan fingerprint density at radius 2 is 1.68 bits per heavy atom. The Hall–Kier alpha value is -1.60. The van der Waals surface area contributed by atoms with Gasteiger partial charge in [-0.2, -0.15) is 0 Å². The summed E-state index contributed by atoms with van der Waals surface area (Å²) in [5, 5.41) is 2.64. The average molecular weight is 377 g/mol. The second-order valence-corrected chi connectivity index (χ2v) is 6.29. The third kappa shape index (κ3) is 4.15. The van der Waals surface area contributed by atoms with Gasteiger partial charge < -0.3 is 14.4 Å². The first-order valence-electron chi connectivity index (χ1n) is 8.07. The van der Waals surface area contributed by atoms with Gasteiger partial charge in [0, 0.05) is 19.5 Å². The number of nitrogens with zero attached hydrogens (tertiary/aromatic N) is 1. The number of fused-ring (bicyclic) bond motifs is 1. The number of nitrogens with one attached hydrogen (secondary N) is 1. The Labute approximate surface area is 152 Å². The zero-order valence-electron chi connectivity index (χ0n) is 14.3. The van der Waals surface area contributed by atoms with Crippen LogP contribution in [0.25, 0.3) is 0 Å². The van der Waals surface area contributed by atoms with Crippen LogP contribution < -0.4 is 14.8 Å². The van der Waals surface area contributed by atoms with Crippen LogP contribution in [0.1, 0.15) is 17.5 Å². The number of hydrogen-bond acceptors (Lipinski definition) is 4. The molecular weight excluding hydrogens is 354 g/mol. The molecule has 1 unspecified atom stereocenters. The van der Waals surface area contributed by atoms with Crippen molar-refractivity contribution in [2.45, 2.75) is 31.2 Å². The SMILES string of the molecule is COc1cc2c(cc1OC)CCN(C(=O)C1CC(F)(F)CN1)CC2.Cl. The average Bonchev–Trinajstić information content (AvgIpc) is 2.81. The van der Waals surface area contributed by atoms with E-state index in [0.29, 0.717) is 37.4 Å². The maximum atomic E-state index is 13.3. The maximum Gasteiger partial charge on any atom is 0.262 e. The van der Waals surface area contributed by atoms with Crippen molar-refractivity contribution in [3.8, 4) is 11.5 Å². The molecule has 1 fully saturated rings. The minimum atomic E-state index is -2.80. The number of methoxy groups -OCH3 is 2. The highest BCUT2D eigenvalue weighted by Crippen LogP contribution is 2.32. The molecule has 1 saturated heterocycles. The summed E-state index contributed by atoms with van der Waals surface area (Å²) in [5.41, 5.74) is 2.21. The van der Waals surface area contributed by atoms with Crippen LogP contribution in [0, 0.1) is 0 Å². The van der Waals surface area contributed by atoms with Crippen LogP contribution in [0.2, 0.25) is 0 Å². The van der Waals surface area contributed by atoms with Gasteiger partial charge in [0.2, 0.25) is 5.91 Å². The molecule has 8 heteroatoms. The van der Waals surface area contributed by atoms with Crippen LogP contribution in [0.15, 0.2) is 12.1 Å². The molecule has 5 nitrogen and oxygen atoms in total. The lowest BCUT2D eigenvalue weighted by atomic mass is 10.0. The minimum Gasteiger partial charge on any atom is -0.493 e. The van der Waals surface area contributed by atoms with Crippen molar-refractivity contribution in [3.05, 3.63) is 23.3 Å². The molecule has 3 rings (SSSR count). The van der Waals surface area contributed by atoms with Crippen molar-refractivity contribution in [2.75, 3.05) is 33.9 Å². The van der Waals surface area contributed by atoms with E-state index in [4.69, 9.17) is 9.47 Å². The topological polar surface area (TPSA) is 50.8 Å². The van der Waals surface area contributed by atoms with Crippen molar-refractivity contribution < 1.29 is 23.0 Å². The number of alkyl halides is 2. The highest BCUT2D eigenvalue weighted by Gasteiger charge is 2.43. The Balaban J connectivity index is 0.00000225. The summed E-state index contributed by atoms with van der Waals surface area (Å²) in [6, 6.07) is 3.08. The van der Waals surface area contributed by atoms with Crippen LogP contribution in [-0.4, -0.2) is 56.6 Å². The Morgan fingerprint density at radius 1 is 1.16 bits per heavy atom. The van der Waals surface area contributed by atoms with E-state index >= 15 is 0 Å². The monoisotopic (exact) mass is 376 g/mol. The van der Waals surface area contributed by atoms with Gasteiger partial charge >= 0.3 is 0 Å². The summed E-state index contributed by atoms with van der Waals surface area (Å²) in [5.74, 6) is -1.71. The van der Waals surface area contributed by atoms with E-state index < -0.39 is 24.9 Å². The Bertz CT molecular complexity index is 608. The summed E-state index contributed by atoms with van der Waals surface area (Å²) in [7, 11) is 3.17. The molecule has 0 saturated carbocycles. The molecule has 1 amide bonds. The number of benzene rings is 1. The van der Waals surface area contributed by atoms with E-state index in [9.17, 15) is 13.6 Å². The van der Waals surface area contributed by atoms with Gasteiger partial charge in [-0.25, -0.2) is 8.78 Å². The summed E-state index contributed by atoms with van der Waals surface area (Å²) in [6.07, 6.45) is 0.923. The molecule has 1 aromatic rings. The maximum absolute atomic E-state index is 13.3. The van der Waals surface area contributed by atoms with Gasteiger partial charge in [-0.05, 0) is 36.1 Å². The number of rotatable bonds is 3. The van der Waals surface area contributed by atoms with Gasteiger partial charge in [-0.1, -0.05) is 0 Å². The molecule has 0 spiro atoms. The second kappa shape index (κ2) is 7.74. The highest BCUT2D eigenvalue weighted by molar-refractivity contribution is 5.85. The fourth-order valence-corrected chi connectivity index (χ4v) is 3.38.